The highest BCUT2D eigenvalue weighted by Crippen LogP contribution is 2.16. The third-order valence-corrected chi connectivity index (χ3v) is 4.88. The van der Waals surface area contributed by atoms with E-state index in [1.54, 1.807) is 16.7 Å². The van der Waals surface area contributed by atoms with Crippen molar-refractivity contribution in [2.45, 2.75) is 32.3 Å². The first-order valence-corrected chi connectivity index (χ1v) is 9.66. The molecule has 0 radical (unpaired) electrons. The van der Waals surface area contributed by atoms with Gasteiger partial charge in [0.25, 0.3) is 0 Å². The first-order valence-electron chi connectivity index (χ1n) is 9.66. The summed E-state index contributed by atoms with van der Waals surface area (Å²) in [5.74, 6) is -2.92. The molecule has 1 heterocycles. The van der Waals surface area contributed by atoms with E-state index in [-0.39, 0.29) is 25.4 Å². The van der Waals surface area contributed by atoms with E-state index >= 15 is 0 Å². The summed E-state index contributed by atoms with van der Waals surface area (Å²) in [6.07, 6.45) is 0.512. The van der Waals surface area contributed by atoms with E-state index in [1.807, 2.05) is 4.90 Å². The highest BCUT2D eigenvalue weighted by atomic mass is 16.4. The number of carboxylic acids is 3. The topological polar surface area (TPSA) is 142 Å². The van der Waals surface area contributed by atoms with E-state index in [4.69, 9.17) is 15.3 Å². The average molecular weight is 403 g/mol. The van der Waals surface area contributed by atoms with Crippen LogP contribution < -0.4 is 0 Å². The average Bonchev–Trinajstić information content (AvgIpc) is 2.55. The lowest BCUT2D eigenvalue weighted by molar-refractivity contribution is -0.140. The molecule has 0 amide bonds. The van der Waals surface area contributed by atoms with Crippen molar-refractivity contribution in [3.05, 3.63) is 0 Å². The lowest BCUT2D eigenvalue weighted by Crippen LogP contribution is -2.45. The van der Waals surface area contributed by atoms with Gasteiger partial charge in [0.15, 0.2) is 0 Å². The second-order valence-electron chi connectivity index (χ2n) is 7.53. The summed E-state index contributed by atoms with van der Waals surface area (Å²) in [6, 6.07) is 0. The molecule has 1 aliphatic rings. The monoisotopic (exact) mass is 403 g/mol. The number of hydrogen-bond acceptors (Lipinski definition) is 7. The second-order valence-corrected chi connectivity index (χ2v) is 7.53. The summed E-state index contributed by atoms with van der Waals surface area (Å²) >= 11 is 0. The molecule has 0 spiro atoms. The zero-order valence-electron chi connectivity index (χ0n) is 16.5. The largest absolute Gasteiger partial charge is 0.481 e. The van der Waals surface area contributed by atoms with E-state index in [9.17, 15) is 19.5 Å². The molecule has 10 nitrogen and oxygen atoms in total. The van der Waals surface area contributed by atoms with Gasteiger partial charge in [-0.25, -0.2) is 0 Å². The molecule has 0 bridgehead atoms. The smallest absolute Gasteiger partial charge is 0.317 e. The Morgan fingerprint density at radius 3 is 1.57 bits per heavy atom. The van der Waals surface area contributed by atoms with E-state index in [0.29, 0.717) is 58.7 Å². The van der Waals surface area contributed by atoms with Gasteiger partial charge in [-0.05, 0) is 38.8 Å². The fourth-order valence-electron chi connectivity index (χ4n) is 3.48. The number of aliphatic carboxylic acids is 3. The first-order chi connectivity index (χ1) is 13.2. The van der Waals surface area contributed by atoms with Crippen LogP contribution in [-0.2, 0) is 14.4 Å². The molecule has 162 valence electrons. The predicted octanol–water partition coefficient (Wildman–Crippen LogP) is -0.673. The van der Waals surface area contributed by atoms with Crippen molar-refractivity contribution in [3.8, 4) is 0 Å². The maximum atomic E-state index is 11.2. The quantitative estimate of drug-likeness (QED) is 0.412. The van der Waals surface area contributed by atoms with Crippen molar-refractivity contribution in [3.63, 3.8) is 0 Å². The van der Waals surface area contributed by atoms with Gasteiger partial charge in [-0.1, -0.05) is 0 Å². The SMILES string of the molecule is CC(O)CN1CCN(CC(=O)O)CCC(CC(=O)O)CCN(CC(=O)O)CC1. The van der Waals surface area contributed by atoms with Crippen LogP contribution in [0.3, 0.4) is 0 Å². The third kappa shape index (κ3) is 11.2. The van der Waals surface area contributed by atoms with Crippen LogP contribution in [0, 0.1) is 5.92 Å². The van der Waals surface area contributed by atoms with Gasteiger partial charge < -0.3 is 20.4 Å². The van der Waals surface area contributed by atoms with Gasteiger partial charge in [0.2, 0.25) is 0 Å². The number of carbonyl (C=O) groups is 3. The molecule has 0 aromatic rings. The molecule has 0 aromatic carbocycles. The molecule has 0 aliphatic carbocycles. The number of rotatable bonds is 8. The molecule has 1 fully saturated rings. The lowest BCUT2D eigenvalue weighted by Gasteiger charge is -2.32. The van der Waals surface area contributed by atoms with E-state index in [1.165, 1.54) is 0 Å². The van der Waals surface area contributed by atoms with Crippen LogP contribution in [0.15, 0.2) is 0 Å². The molecular formula is C18H33N3O7. The first kappa shape index (κ1) is 24.3. The van der Waals surface area contributed by atoms with Crippen LogP contribution in [0.25, 0.3) is 0 Å². The van der Waals surface area contributed by atoms with Crippen molar-refractivity contribution < 1.29 is 34.8 Å². The number of hydrogen-bond donors (Lipinski definition) is 4. The number of aliphatic hydroxyl groups excluding tert-OH is 1. The van der Waals surface area contributed by atoms with Gasteiger partial charge in [-0.15, -0.1) is 0 Å². The molecule has 1 atom stereocenters. The minimum atomic E-state index is -0.934. The Morgan fingerprint density at radius 1 is 0.786 bits per heavy atom. The third-order valence-electron chi connectivity index (χ3n) is 4.88. The van der Waals surface area contributed by atoms with Crippen molar-refractivity contribution >= 4 is 17.9 Å². The van der Waals surface area contributed by atoms with Crippen molar-refractivity contribution in [1.82, 2.24) is 14.7 Å². The van der Waals surface area contributed by atoms with E-state index in [0.717, 1.165) is 0 Å². The molecule has 1 unspecified atom stereocenters. The number of carboxylic acid groups (broad SMARTS) is 3. The number of aliphatic hydroxyl groups is 1. The zero-order valence-corrected chi connectivity index (χ0v) is 16.5. The fourth-order valence-corrected chi connectivity index (χ4v) is 3.48. The maximum absolute atomic E-state index is 11.2. The van der Waals surface area contributed by atoms with Crippen LogP contribution in [0.5, 0.6) is 0 Å². The van der Waals surface area contributed by atoms with Crippen LogP contribution in [-0.4, -0.2) is 118 Å². The molecule has 0 aromatic heterocycles. The molecule has 10 heteroatoms. The van der Waals surface area contributed by atoms with Gasteiger partial charge in [-0.3, -0.25) is 29.1 Å². The summed E-state index contributed by atoms with van der Waals surface area (Å²) in [5, 5.41) is 37.2. The summed E-state index contributed by atoms with van der Waals surface area (Å²) in [5.41, 5.74) is 0. The van der Waals surface area contributed by atoms with Gasteiger partial charge >= 0.3 is 17.9 Å². The highest BCUT2D eigenvalue weighted by Gasteiger charge is 2.21. The Hall–Kier alpha value is -1.75. The summed E-state index contributed by atoms with van der Waals surface area (Å²) in [4.78, 5) is 39.1. The lowest BCUT2D eigenvalue weighted by atomic mass is 9.96. The van der Waals surface area contributed by atoms with E-state index < -0.39 is 24.0 Å². The number of β-amino-alcohol motifs (C(OH)–C–C–N with tert-alkyl or cyclic N) is 1. The Kier molecular flexibility index (Phi) is 11.0. The summed E-state index contributed by atoms with van der Waals surface area (Å²) < 4.78 is 0. The second kappa shape index (κ2) is 12.7. The molecule has 1 aliphatic heterocycles. The van der Waals surface area contributed by atoms with Crippen LogP contribution in [0.2, 0.25) is 0 Å². The Bertz CT molecular complexity index is 483. The Labute approximate surface area is 165 Å². The molecule has 0 saturated carbocycles. The van der Waals surface area contributed by atoms with Gasteiger partial charge in [0.1, 0.15) is 0 Å². The van der Waals surface area contributed by atoms with Gasteiger partial charge in [-0.2, -0.15) is 0 Å². The minimum absolute atomic E-state index is 0.0179. The van der Waals surface area contributed by atoms with Crippen molar-refractivity contribution in [1.29, 1.82) is 0 Å². The molecule has 28 heavy (non-hydrogen) atoms. The van der Waals surface area contributed by atoms with Crippen LogP contribution in [0.4, 0.5) is 0 Å². The predicted molar refractivity (Wildman–Crippen MR) is 101 cm³/mol. The van der Waals surface area contributed by atoms with Gasteiger partial charge in [0.05, 0.1) is 19.2 Å². The van der Waals surface area contributed by atoms with Crippen molar-refractivity contribution in [2.75, 3.05) is 58.9 Å². The zero-order chi connectivity index (χ0) is 21.1. The van der Waals surface area contributed by atoms with Crippen molar-refractivity contribution in [2.24, 2.45) is 5.92 Å². The molecule has 4 N–H and O–H groups in total. The molecule has 1 saturated heterocycles. The van der Waals surface area contributed by atoms with Crippen LogP contribution in [0.1, 0.15) is 26.2 Å². The Balaban J connectivity index is 2.89. The standard InChI is InChI=1S/C18H33N3O7/c1-14(22)11-21-8-6-19(12-17(25)26)4-2-15(10-16(23)24)3-5-20(7-9-21)13-18(27)28/h14-15,22H,2-13H2,1H3,(H,23,24)(H,25,26)(H,27,28). The summed E-state index contributed by atoms with van der Waals surface area (Å²) in [7, 11) is 0. The minimum Gasteiger partial charge on any atom is -0.481 e. The fraction of sp³-hybridized carbons (Fsp3) is 0.833. The van der Waals surface area contributed by atoms with Gasteiger partial charge in [0, 0.05) is 39.1 Å². The van der Waals surface area contributed by atoms with E-state index in [2.05, 4.69) is 0 Å². The summed E-state index contributed by atoms with van der Waals surface area (Å²) in [6.45, 7) is 4.85. The maximum Gasteiger partial charge on any atom is 0.317 e. The Morgan fingerprint density at radius 2 is 1.21 bits per heavy atom. The molecule has 1 rings (SSSR count). The molecular weight excluding hydrogens is 370 g/mol. The van der Waals surface area contributed by atoms with Crippen LogP contribution >= 0.6 is 0 Å². The number of nitrogens with zero attached hydrogens (tertiary/aromatic N) is 3. The highest BCUT2D eigenvalue weighted by molar-refractivity contribution is 5.69. The normalized spacial score (nSPS) is 20.8.